The third kappa shape index (κ3) is 7.46. The van der Waals surface area contributed by atoms with Crippen molar-refractivity contribution < 1.29 is 19.1 Å². The fraction of sp³-hybridized carbons (Fsp3) is 0.286. The molecule has 0 heterocycles. The van der Waals surface area contributed by atoms with E-state index in [1.54, 1.807) is 12.1 Å². The smallest absolute Gasteiger partial charge is 0.276 e. The largest absolute Gasteiger partial charge is 0.483 e. The van der Waals surface area contributed by atoms with Gasteiger partial charge in [-0.1, -0.05) is 41.9 Å². The third-order valence-electron chi connectivity index (χ3n) is 4.28. The minimum Gasteiger partial charge on any atom is -0.483 e. The lowest BCUT2D eigenvalue weighted by atomic mass is 10.1. The molecule has 0 saturated heterocycles. The van der Waals surface area contributed by atoms with Crippen molar-refractivity contribution in [1.29, 1.82) is 0 Å². The normalized spacial score (nSPS) is 10.2. The maximum atomic E-state index is 11.8. The van der Waals surface area contributed by atoms with Gasteiger partial charge in [-0.15, -0.1) is 0 Å². The molecule has 8 heteroatoms. The Morgan fingerprint density at radius 3 is 2.24 bits per heavy atom. The highest BCUT2D eigenvalue weighted by molar-refractivity contribution is 6.31. The van der Waals surface area contributed by atoms with Crippen LogP contribution in [0.25, 0.3) is 0 Å². The van der Waals surface area contributed by atoms with Gasteiger partial charge in [-0.25, -0.2) is 0 Å². The number of hydrazine groups is 1. The van der Waals surface area contributed by atoms with Crippen LogP contribution < -0.4 is 20.9 Å². The van der Waals surface area contributed by atoms with Gasteiger partial charge in [0.2, 0.25) is 11.8 Å². The molecule has 154 valence electrons. The zero-order valence-corrected chi connectivity index (χ0v) is 17.1. The highest BCUT2D eigenvalue weighted by Gasteiger charge is 2.10. The lowest BCUT2D eigenvalue weighted by Crippen LogP contribution is -2.44. The zero-order chi connectivity index (χ0) is 21.2. The van der Waals surface area contributed by atoms with E-state index in [-0.39, 0.29) is 25.4 Å². The Morgan fingerprint density at radius 1 is 0.862 bits per heavy atom. The van der Waals surface area contributed by atoms with Crippen molar-refractivity contribution in [3.05, 3.63) is 64.2 Å². The van der Waals surface area contributed by atoms with E-state index in [9.17, 15) is 14.4 Å². The van der Waals surface area contributed by atoms with Crippen molar-refractivity contribution in [2.75, 3.05) is 6.61 Å². The standard InChI is InChI=1S/C21H24ClN3O4/c1-14-15(2)18(9-8-17(14)22)29-13-21(28)25-24-20(27)11-10-19(26)23-12-16-6-4-3-5-7-16/h3-9H,10-13H2,1-2H3,(H,23,26)(H,24,27)(H,25,28). The van der Waals surface area contributed by atoms with E-state index in [0.29, 0.717) is 17.3 Å². The number of hydrogen-bond acceptors (Lipinski definition) is 4. The van der Waals surface area contributed by atoms with E-state index in [1.807, 2.05) is 44.2 Å². The van der Waals surface area contributed by atoms with Crippen LogP contribution in [0.15, 0.2) is 42.5 Å². The Kier molecular flexibility index (Phi) is 8.48. The van der Waals surface area contributed by atoms with Crippen LogP contribution in [-0.2, 0) is 20.9 Å². The van der Waals surface area contributed by atoms with Crippen molar-refractivity contribution in [1.82, 2.24) is 16.2 Å². The molecule has 2 aromatic rings. The fourth-order valence-electron chi connectivity index (χ4n) is 2.41. The molecule has 0 spiro atoms. The lowest BCUT2D eigenvalue weighted by molar-refractivity contribution is -0.131. The van der Waals surface area contributed by atoms with Crippen molar-refractivity contribution in [2.24, 2.45) is 0 Å². The van der Waals surface area contributed by atoms with E-state index >= 15 is 0 Å². The molecule has 0 atom stereocenters. The Balaban J connectivity index is 1.63. The average molecular weight is 418 g/mol. The van der Waals surface area contributed by atoms with Crippen molar-refractivity contribution in [3.63, 3.8) is 0 Å². The number of benzene rings is 2. The van der Waals surface area contributed by atoms with E-state index < -0.39 is 11.8 Å². The van der Waals surface area contributed by atoms with Gasteiger partial charge in [-0.3, -0.25) is 25.2 Å². The quantitative estimate of drug-likeness (QED) is 0.575. The SMILES string of the molecule is Cc1c(Cl)ccc(OCC(=O)NNC(=O)CCC(=O)NCc2ccccc2)c1C. The second kappa shape index (κ2) is 11.1. The van der Waals surface area contributed by atoms with Crippen LogP contribution >= 0.6 is 11.6 Å². The lowest BCUT2D eigenvalue weighted by Gasteiger charge is -2.12. The highest BCUT2D eigenvalue weighted by atomic mass is 35.5. The number of carbonyl (C=O) groups is 3. The highest BCUT2D eigenvalue weighted by Crippen LogP contribution is 2.27. The summed E-state index contributed by atoms with van der Waals surface area (Å²) in [6.07, 6.45) is -0.0223. The van der Waals surface area contributed by atoms with Crippen LogP contribution in [-0.4, -0.2) is 24.3 Å². The predicted molar refractivity (Wildman–Crippen MR) is 110 cm³/mol. The Morgan fingerprint density at radius 2 is 1.52 bits per heavy atom. The van der Waals surface area contributed by atoms with Gasteiger partial charge in [0.15, 0.2) is 6.61 Å². The number of hydrogen-bond donors (Lipinski definition) is 3. The Bertz CT molecular complexity index is 872. The van der Waals surface area contributed by atoms with E-state index in [0.717, 1.165) is 16.7 Å². The summed E-state index contributed by atoms with van der Waals surface area (Å²) in [5, 5.41) is 3.36. The molecule has 0 saturated carbocycles. The third-order valence-corrected chi connectivity index (χ3v) is 4.69. The summed E-state index contributed by atoms with van der Waals surface area (Å²) < 4.78 is 5.45. The summed E-state index contributed by atoms with van der Waals surface area (Å²) in [6, 6.07) is 12.8. The molecule has 7 nitrogen and oxygen atoms in total. The van der Waals surface area contributed by atoms with Gasteiger partial charge in [-0.2, -0.15) is 0 Å². The molecule has 0 aromatic heterocycles. The first-order chi connectivity index (χ1) is 13.9. The van der Waals surface area contributed by atoms with E-state index in [1.165, 1.54) is 0 Å². The summed E-state index contributed by atoms with van der Waals surface area (Å²) >= 11 is 6.03. The first-order valence-corrected chi connectivity index (χ1v) is 9.51. The molecule has 0 bridgehead atoms. The number of ether oxygens (including phenoxy) is 1. The van der Waals surface area contributed by atoms with Crippen LogP contribution in [0.4, 0.5) is 0 Å². The summed E-state index contributed by atoms with van der Waals surface area (Å²) in [4.78, 5) is 35.4. The van der Waals surface area contributed by atoms with Crippen LogP contribution in [0.1, 0.15) is 29.5 Å². The van der Waals surface area contributed by atoms with Gasteiger partial charge in [0.1, 0.15) is 5.75 Å². The molecule has 0 aliphatic carbocycles. The fourth-order valence-corrected chi connectivity index (χ4v) is 2.62. The number of nitrogens with one attached hydrogen (secondary N) is 3. The average Bonchev–Trinajstić information content (AvgIpc) is 2.73. The Labute approximate surface area is 174 Å². The summed E-state index contributed by atoms with van der Waals surface area (Å²) in [5.74, 6) is -0.679. The second-order valence-electron chi connectivity index (χ2n) is 6.44. The first-order valence-electron chi connectivity index (χ1n) is 9.13. The van der Waals surface area contributed by atoms with E-state index in [2.05, 4.69) is 16.2 Å². The van der Waals surface area contributed by atoms with Crippen LogP contribution in [0.5, 0.6) is 5.75 Å². The van der Waals surface area contributed by atoms with Gasteiger partial charge < -0.3 is 10.1 Å². The molecule has 0 aliphatic heterocycles. The maximum Gasteiger partial charge on any atom is 0.276 e. The zero-order valence-electron chi connectivity index (χ0n) is 16.4. The molecule has 2 aromatic carbocycles. The van der Waals surface area contributed by atoms with Gasteiger partial charge in [0, 0.05) is 24.4 Å². The molecule has 29 heavy (non-hydrogen) atoms. The minimum absolute atomic E-state index is 0.0221. The van der Waals surface area contributed by atoms with Crippen LogP contribution in [0.2, 0.25) is 5.02 Å². The van der Waals surface area contributed by atoms with Crippen molar-refractivity contribution >= 4 is 29.3 Å². The molecule has 3 N–H and O–H groups in total. The van der Waals surface area contributed by atoms with E-state index in [4.69, 9.17) is 16.3 Å². The van der Waals surface area contributed by atoms with Gasteiger partial charge in [0.25, 0.3) is 5.91 Å². The molecule has 2 rings (SSSR count). The predicted octanol–water partition coefficient (Wildman–Crippen LogP) is 2.58. The first kappa shape index (κ1) is 22.2. The summed E-state index contributed by atoms with van der Waals surface area (Å²) in [6.45, 7) is 3.85. The molecule has 0 unspecified atom stereocenters. The number of halogens is 1. The van der Waals surface area contributed by atoms with Gasteiger partial charge in [0.05, 0.1) is 0 Å². The molecular weight excluding hydrogens is 394 g/mol. The molecule has 3 amide bonds. The number of amides is 3. The van der Waals surface area contributed by atoms with Gasteiger partial charge in [-0.05, 0) is 42.7 Å². The number of carbonyl (C=O) groups excluding carboxylic acids is 3. The van der Waals surface area contributed by atoms with Crippen molar-refractivity contribution in [3.8, 4) is 5.75 Å². The molecule has 0 aliphatic rings. The summed E-state index contributed by atoms with van der Waals surface area (Å²) in [7, 11) is 0. The second-order valence-corrected chi connectivity index (χ2v) is 6.85. The summed E-state index contributed by atoms with van der Waals surface area (Å²) in [5.41, 5.74) is 7.22. The topological polar surface area (TPSA) is 96.5 Å². The number of rotatable bonds is 8. The molecule has 0 fully saturated rings. The Hall–Kier alpha value is -3.06. The molecule has 0 radical (unpaired) electrons. The van der Waals surface area contributed by atoms with Gasteiger partial charge >= 0.3 is 0 Å². The van der Waals surface area contributed by atoms with Crippen molar-refractivity contribution in [2.45, 2.75) is 33.2 Å². The maximum absolute atomic E-state index is 11.8. The molecular formula is C21H24ClN3O4. The monoisotopic (exact) mass is 417 g/mol. The van der Waals surface area contributed by atoms with Crippen LogP contribution in [0, 0.1) is 13.8 Å². The van der Waals surface area contributed by atoms with Crippen LogP contribution in [0.3, 0.4) is 0 Å². The minimum atomic E-state index is -0.515.